The van der Waals surface area contributed by atoms with Crippen molar-refractivity contribution in [3.05, 3.63) is 79.0 Å². The number of nitrogens with zero attached hydrogens (tertiary/aromatic N) is 5. The van der Waals surface area contributed by atoms with Crippen LogP contribution in [0.3, 0.4) is 0 Å². The van der Waals surface area contributed by atoms with Crippen LogP contribution in [0.25, 0.3) is 33.1 Å². The lowest BCUT2D eigenvalue weighted by atomic mass is 10.0. The topological polar surface area (TPSA) is 49.2 Å². The highest BCUT2D eigenvalue weighted by Crippen LogP contribution is 2.33. The van der Waals surface area contributed by atoms with Crippen LogP contribution in [0.4, 0.5) is 5.69 Å². The summed E-state index contributed by atoms with van der Waals surface area (Å²) in [6, 6.07) is 13.1. The van der Waals surface area contributed by atoms with Gasteiger partial charge in [0, 0.05) is 61.2 Å². The fourth-order valence-electron chi connectivity index (χ4n) is 5.30. The summed E-state index contributed by atoms with van der Waals surface area (Å²) in [4.78, 5) is 14.2. The Kier molecular flexibility index (Phi) is 5.30. The molecule has 2 aromatic carbocycles. The summed E-state index contributed by atoms with van der Waals surface area (Å²) in [5, 5.41) is 4.91. The Labute approximate surface area is 200 Å². The van der Waals surface area contributed by atoms with E-state index in [1.165, 1.54) is 36.1 Å². The highest BCUT2D eigenvalue weighted by atomic mass is 15.2. The zero-order valence-corrected chi connectivity index (χ0v) is 19.8. The molecule has 0 aliphatic carbocycles. The van der Waals surface area contributed by atoms with Crippen LogP contribution in [0.15, 0.2) is 79.0 Å². The van der Waals surface area contributed by atoms with Crippen molar-refractivity contribution in [1.29, 1.82) is 0 Å². The Hall–Kier alpha value is -3.64. The number of fused-ring (bicyclic) bond motifs is 2. The van der Waals surface area contributed by atoms with Crippen molar-refractivity contribution in [1.82, 2.24) is 24.3 Å². The summed E-state index contributed by atoms with van der Waals surface area (Å²) in [7, 11) is 4.30. The molecule has 172 valence electrons. The number of likely N-dealkylation sites (tertiary alicyclic amines) is 1. The number of aromatic nitrogens is 3. The molecule has 1 atom stereocenters. The maximum atomic E-state index is 4.68. The first-order valence-corrected chi connectivity index (χ1v) is 12.0. The quantitative estimate of drug-likeness (QED) is 0.470. The van der Waals surface area contributed by atoms with Gasteiger partial charge in [-0.15, -0.1) is 0 Å². The average molecular weight is 451 g/mol. The number of allylic oxidation sites excluding steroid dienone is 2. The summed E-state index contributed by atoms with van der Waals surface area (Å²) >= 11 is 0. The average Bonchev–Trinajstić information content (AvgIpc) is 3.43. The zero-order valence-electron chi connectivity index (χ0n) is 19.8. The molecule has 4 heterocycles. The number of hydrogen-bond donors (Lipinski definition) is 1. The molecule has 1 fully saturated rings. The molecule has 2 aliphatic rings. The first-order valence-electron chi connectivity index (χ1n) is 12.0. The van der Waals surface area contributed by atoms with Crippen LogP contribution in [0, 0.1) is 5.92 Å². The lowest BCUT2D eigenvalue weighted by molar-refractivity contribution is 0.315. The second-order valence-electron chi connectivity index (χ2n) is 9.65. The second kappa shape index (κ2) is 8.61. The van der Waals surface area contributed by atoms with Gasteiger partial charge < -0.3 is 19.7 Å². The van der Waals surface area contributed by atoms with Gasteiger partial charge in [-0.1, -0.05) is 12.1 Å². The third-order valence-electron chi connectivity index (χ3n) is 7.03. The standard InChI is InChI=1S/C28H30N6/c1-32-12-7-20(17-32)18-34-11-3-4-23(19-34)31-24-15-25(28-26(16-24)29-9-10-30-28)22-6-5-21-8-13-33(2)27(21)14-22/h3-6,8-11,13-16,20,31H,7,12,17-19H2,1-2H3. The van der Waals surface area contributed by atoms with E-state index in [-0.39, 0.29) is 0 Å². The lowest BCUT2D eigenvalue weighted by Crippen LogP contribution is -2.31. The van der Waals surface area contributed by atoms with Crippen molar-refractivity contribution in [2.45, 2.75) is 6.42 Å². The Morgan fingerprint density at radius 3 is 2.85 bits per heavy atom. The molecule has 6 rings (SSSR count). The van der Waals surface area contributed by atoms with Gasteiger partial charge in [-0.3, -0.25) is 9.97 Å². The molecule has 2 aliphatic heterocycles. The van der Waals surface area contributed by atoms with Crippen molar-refractivity contribution in [3.8, 4) is 11.1 Å². The summed E-state index contributed by atoms with van der Waals surface area (Å²) in [5.41, 5.74) is 7.50. The van der Waals surface area contributed by atoms with E-state index in [0.29, 0.717) is 0 Å². The first-order chi connectivity index (χ1) is 16.6. The maximum Gasteiger partial charge on any atom is 0.0966 e. The van der Waals surface area contributed by atoms with Gasteiger partial charge >= 0.3 is 0 Å². The molecule has 0 spiro atoms. The Balaban J connectivity index is 1.30. The fraction of sp³-hybridized carbons (Fsp3) is 0.286. The van der Waals surface area contributed by atoms with E-state index in [9.17, 15) is 0 Å². The minimum Gasteiger partial charge on any atom is -0.371 e. The number of benzene rings is 2. The minimum atomic E-state index is 0.740. The third-order valence-corrected chi connectivity index (χ3v) is 7.03. The van der Waals surface area contributed by atoms with Crippen molar-refractivity contribution in [2.75, 3.05) is 38.5 Å². The van der Waals surface area contributed by atoms with E-state index in [1.807, 2.05) is 0 Å². The normalized spacial score (nSPS) is 18.7. The molecule has 34 heavy (non-hydrogen) atoms. The van der Waals surface area contributed by atoms with Crippen LogP contribution in [-0.2, 0) is 7.05 Å². The van der Waals surface area contributed by atoms with Gasteiger partial charge in [0.15, 0.2) is 0 Å². The first kappa shape index (κ1) is 20.9. The van der Waals surface area contributed by atoms with Crippen LogP contribution in [0.2, 0.25) is 0 Å². The molecule has 1 saturated heterocycles. The summed E-state index contributed by atoms with van der Waals surface area (Å²) in [6.45, 7) is 4.39. The van der Waals surface area contributed by atoms with Crippen molar-refractivity contribution < 1.29 is 0 Å². The van der Waals surface area contributed by atoms with Crippen LogP contribution in [0.5, 0.6) is 0 Å². The van der Waals surface area contributed by atoms with Gasteiger partial charge in [0.25, 0.3) is 0 Å². The lowest BCUT2D eigenvalue weighted by Gasteiger charge is -2.28. The number of hydrogen-bond acceptors (Lipinski definition) is 5. The number of aryl methyl sites for hydroxylation is 1. The second-order valence-corrected chi connectivity index (χ2v) is 9.65. The van der Waals surface area contributed by atoms with E-state index < -0.39 is 0 Å². The Bertz CT molecular complexity index is 1420. The SMILES string of the molecule is CN1CCC(CN2C=CC=C(Nc3cc(-c4ccc5ccn(C)c5c4)c4nccnc4c3)C2)C1. The molecule has 6 nitrogen and oxygen atoms in total. The predicted octanol–water partition coefficient (Wildman–Crippen LogP) is 4.87. The number of rotatable bonds is 5. The summed E-state index contributed by atoms with van der Waals surface area (Å²) < 4.78 is 2.16. The summed E-state index contributed by atoms with van der Waals surface area (Å²) in [5.74, 6) is 0.740. The number of anilines is 1. The molecule has 2 aromatic heterocycles. The van der Waals surface area contributed by atoms with Gasteiger partial charge in [0.05, 0.1) is 17.6 Å². The molecule has 0 amide bonds. The molecule has 0 saturated carbocycles. The molecule has 1 unspecified atom stereocenters. The molecular formula is C28H30N6. The van der Waals surface area contributed by atoms with Crippen molar-refractivity contribution in [3.63, 3.8) is 0 Å². The van der Waals surface area contributed by atoms with Gasteiger partial charge in [-0.2, -0.15) is 0 Å². The fourth-order valence-corrected chi connectivity index (χ4v) is 5.30. The highest BCUT2D eigenvalue weighted by Gasteiger charge is 2.22. The maximum absolute atomic E-state index is 4.68. The molecular weight excluding hydrogens is 420 g/mol. The van der Waals surface area contributed by atoms with Crippen LogP contribution in [0.1, 0.15) is 6.42 Å². The van der Waals surface area contributed by atoms with Crippen LogP contribution in [-0.4, -0.2) is 57.6 Å². The van der Waals surface area contributed by atoms with Crippen LogP contribution < -0.4 is 5.32 Å². The Morgan fingerprint density at radius 2 is 1.97 bits per heavy atom. The van der Waals surface area contributed by atoms with E-state index >= 15 is 0 Å². The Morgan fingerprint density at radius 1 is 1.06 bits per heavy atom. The largest absolute Gasteiger partial charge is 0.371 e. The van der Waals surface area contributed by atoms with Gasteiger partial charge in [0.1, 0.15) is 0 Å². The monoisotopic (exact) mass is 450 g/mol. The van der Waals surface area contributed by atoms with E-state index in [4.69, 9.17) is 0 Å². The number of nitrogens with one attached hydrogen (secondary N) is 1. The smallest absolute Gasteiger partial charge is 0.0966 e. The van der Waals surface area contributed by atoms with Gasteiger partial charge in [-0.25, -0.2) is 0 Å². The third kappa shape index (κ3) is 4.05. The minimum absolute atomic E-state index is 0.740. The zero-order chi connectivity index (χ0) is 23.1. The predicted molar refractivity (Wildman–Crippen MR) is 139 cm³/mol. The van der Waals surface area contributed by atoms with E-state index in [1.54, 1.807) is 12.4 Å². The van der Waals surface area contributed by atoms with E-state index in [0.717, 1.165) is 46.9 Å². The van der Waals surface area contributed by atoms with E-state index in [2.05, 4.69) is 105 Å². The molecule has 1 N–H and O–H groups in total. The molecule has 6 heteroatoms. The molecule has 4 aromatic rings. The van der Waals surface area contributed by atoms with Crippen molar-refractivity contribution in [2.24, 2.45) is 13.0 Å². The van der Waals surface area contributed by atoms with Crippen LogP contribution >= 0.6 is 0 Å². The molecule has 0 bridgehead atoms. The summed E-state index contributed by atoms with van der Waals surface area (Å²) in [6.07, 6.45) is 13.5. The highest BCUT2D eigenvalue weighted by molar-refractivity contribution is 5.97. The van der Waals surface area contributed by atoms with Gasteiger partial charge in [-0.05, 0) is 79.5 Å². The van der Waals surface area contributed by atoms with Gasteiger partial charge in [0.2, 0.25) is 0 Å². The molecule has 0 radical (unpaired) electrons. The van der Waals surface area contributed by atoms with Crippen molar-refractivity contribution >= 4 is 27.6 Å².